The number of halogens is 3. The highest BCUT2D eigenvalue weighted by molar-refractivity contribution is 9.09. The largest absolute Gasteiger partial charge is 0.493 e. The molecule has 0 bridgehead atoms. The number of benzene rings is 2. The number of ether oxygens (including phenoxy) is 1. The highest BCUT2D eigenvalue weighted by Crippen LogP contribution is 2.46. The number of hydrogen-bond donors (Lipinski definition) is 0. The fourth-order valence-electron chi connectivity index (χ4n) is 4.75. The minimum atomic E-state index is -2.49. The summed E-state index contributed by atoms with van der Waals surface area (Å²) in [4.78, 5) is 0. The van der Waals surface area contributed by atoms with Crippen LogP contribution in [0.5, 0.6) is 5.75 Å². The van der Waals surface area contributed by atoms with Crippen LogP contribution >= 0.6 is 15.9 Å². The lowest BCUT2D eigenvalue weighted by atomic mass is 9.72. The molecular weight excluding hydrogens is 434 g/mol. The number of alkyl halides is 3. The van der Waals surface area contributed by atoms with Gasteiger partial charge >= 0.3 is 0 Å². The SMILES string of the molecule is Cc1ccc2c(c1)CCC(C1CCC(F)(F)CC1)=C2c1ccc(OCCBr)cc1. The molecule has 4 rings (SSSR count). The Hall–Kier alpha value is -1.68. The lowest BCUT2D eigenvalue weighted by molar-refractivity contribution is -0.0423. The minimum Gasteiger partial charge on any atom is -0.493 e. The Bertz CT molecular complexity index is 892. The van der Waals surface area contributed by atoms with Crippen LogP contribution in [0.4, 0.5) is 8.78 Å². The van der Waals surface area contributed by atoms with E-state index in [1.54, 1.807) is 0 Å². The van der Waals surface area contributed by atoms with Crippen LogP contribution in [0.1, 0.15) is 54.4 Å². The van der Waals surface area contributed by atoms with Crippen molar-refractivity contribution in [1.29, 1.82) is 0 Å². The van der Waals surface area contributed by atoms with Gasteiger partial charge in [-0.15, -0.1) is 0 Å². The monoisotopic (exact) mass is 460 g/mol. The molecule has 0 unspecified atom stereocenters. The summed E-state index contributed by atoms with van der Waals surface area (Å²) in [6.45, 7) is 2.75. The second-order valence-electron chi connectivity index (χ2n) is 8.25. The standard InChI is InChI=1S/C25H27BrF2O/c1-17-2-8-23-20(16-17)5-9-22(18-10-12-25(27,28)13-11-18)24(23)19-3-6-21(7-4-19)29-15-14-26/h2-4,6-8,16,18H,5,9-15H2,1H3. The molecule has 2 aliphatic carbocycles. The van der Waals surface area contributed by atoms with Crippen molar-refractivity contribution in [2.75, 3.05) is 11.9 Å². The maximum absolute atomic E-state index is 13.8. The van der Waals surface area contributed by atoms with Crippen molar-refractivity contribution < 1.29 is 13.5 Å². The lowest BCUT2D eigenvalue weighted by Crippen LogP contribution is -2.26. The van der Waals surface area contributed by atoms with Crippen LogP contribution in [0, 0.1) is 12.8 Å². The molecule has 0 N–H and O–H groups in total. The van der Waals surface area contributed by atoms with Crippen LogP contribution in [0.25, 0.3) is 5.57 Å². The van der Waals surface area contributed by atoms with E-state index in [1.807, 2.05) is 12.1 Å². The molecule has 29 heavy (non-hydrogen) atoms. The molecule has 1 saturated carbocycles. The molecule has 2 aliphatic rings. The lowest BCUT2D eigenvalue weighted by Gasteiger charge is -2.34. The van der Waals surface area contributed by atoms with Crippen molar-refractivity contribution in [3.63, 3.8) is 0 Å². The first kappa shape index (κ1) is 20.6. The molecule has 154 valence electrons. The first-order chi connectivity index (χ1) is 14.0. The Morgan fingerprint density at radius 1 is 1.03 bits per heavy atom. The first-order valence-electron chi connectivity index (χ1n) is 10.5. The van der Waals surface area contributed by atoms with E-state index in [4.69, 9.17) is 4.74 Å². The third-order valence-electron chi connectivity index (χ3n) is 6.21. The average molecular weight is 461 g/mol. The molecule has 1 fully saturated rings. The van der Waals surface area contributed by atoms with Gasteiger partial charge < -0.3 is 4.74 Å². The van der Waals surface area contributed by atoms with Crippen LogP contribution in [-0.2, 0) is 6.42 Å². The van der Waals surface area contributed by atoms with Crippen LogP contribution in [0.2, 0.25) is 0 Å². The van der Waals surface area contributed by atoms with Gasteiger partial charge in [0.1, 0.15) is 5.75 Å². The third-order valence-corrected chi connectivity index (χ3v) is 6.54. The van der Waals surface area contributed by atoms with E-state index in [-0.39, 0.29) is 18.8 Å². The summed E-state index contributed by atoms with van der Waals surface area (Å²) in [7, 11) is 0. The fourth-order valence-corrected chi connectivity index (χ4v) is 4.91. The van der Waals surface area contributed by atoms with Gasteiger partial charge in [0.2, 0.25) is 5.92 Å². The molecule has 1 nitrogen and oxygen atoms in total. The van der Waals surface area contributed by atoms with Crippen molar-refractivity contribution in [2.45, 2.75) is 51.4 Å². The van der Waals surface area contributed by atoms with Gasteiger partial charge in [0.05, 0.1) is 6.61 Å². The molecule has 2 aromatic carbocycles. The van der Waals surface area contributed by atoms with Crippen molar-refractivity contribution in [1.82, 2.24) is 0 Å². The van der Waals surface area contributed by atoms with Crippen molar-refractivity contribution >= 4 is 21.5 Å². The first-order valence-corrected chi connectivity index (χ1v) is 11.6. The fraction of sp³-hybridized carbons (Fsp3) is 0.440. The van der Waals surface area contributed by atoms with Gasteiger partial charge in [-0.05, 0) is 72.9 Å². The summed E-state index contributed by atoms with van der Waals surface area (Å²) < 4.78 is 33.2. The van der Waals surface area contributed by atoms with E-state index in [2.05, 4.69) is 53.2 Å². The third kappa shape index (κ3) is 4.58. The zero-order chi connectivity index (χ0) is 20.4. The molecule has 0 amide bonds. The van der Waals surface area contributed by atoms with Crippen LogP contribution in [-0.4, -0.2) is 17.9 Å². The van der Waals surface area contributed by atoms with E-state index in [9.17, 15) is 8.78 Å². The Morgan fingerprint density at radius 3 is 2.45 bits per heavy atom. The van der Waals surface area contributed by atoms with E-state index in [0.29, 0.717) is 19.4 Å². The molecular formula is C25H27BrF2O. The summed E-state index contributed by atoms with van der Waals surface area (Å²) >= 11 is 3.38. The van der Waals surface area contributed by atoms with Crippen molar-refractivity contribution in [3.8, 4) is 5.75 Å². The summed E-state index contributed by atoms with van der Waals surface area (Å²) in [5.74, 6) is -1.38. The predicted molar refractivity (Wildman–Crippen MR) is 118 cm³/mol. The van der Waals surface area contributed by atoms with Crippen molar-refractivity contribution in [3.05, 3.63) is 70.3 Å². The van der Waals surface area contributed by atoms with E-state index in [0.717, 1.165) is 29.5 Å². The van der Waals surface area contributed by atoms with Gasteiger partial charge in [-0.25, -0.2) is 8.78 Å². The normalized spacial score (nSPS) is 19.2. The summed E-state index contributed by atoms with van der Waals surface area (Å²) in [5.41, 5.74) is 7.68. The number of hydrogen-bond acceptors (Lipinski definition) is 1. The average Bonchev–Trinajstić information content (AvgIpc) is 2.72. The number of fused-ring (bicyclic) bond motifs is 1. The van der Waals surface area contributed by atoms with Gasteiger partial charge in [-0.1, -0.05) is 57.4 Å². The molecule has 0 radical (unpaired) electrons. The Balaban J connectivity index is 1.74. The molecule has 0 aromatic heterocycles. The zero-order valence-corrected chi connectivity index (χ0v) is 18.4. The second kappa shape index (κ2) is 8.59. The van der Waals surface area contributed by atoms with E-state index in [1.165, 1.54) is 27.8 Å². The minimum absolute atomic E-state index is 0.00846. The molecule has 0 saturated heterocycles. The van der Waals surface area contributed by atoms with E-state index < -0.39 is 5.92 Å². The molecule has 4 heteroatoms. The smallest absolute Gasteiger partial charge is 0.248 e. The molecule has 0 heterocycles. The zero-order valence-electron chi connectivity index (χ0n) is 16.8. The quantitative estimate of drug-likeness (QED) is 0.423. The summed E-state index contributed by atoms with van der Waals surface area (Å²) in [6.07, 6.45) is 3.14. The van der Waals surface area contributed by atoms with Gasteiger partial charge in [0.15, 0.2) is 0 Å². The highest BCUT2D eigenvalue weighted by atomic mass is 79.9. The van der Waals surface area contributed by atoms with Gasteiger partial charge in [-0.3, -0.25) is 0 Å². The molecule has 0 aliphatic heterocycles. The van der Waals surface area contributed by atoms with Crippen LogP contribution < -0.4 is 4.74 Å². The molecule has 0 atom stereocenters. The van der Waals surface area contributed by atoms with Crippen LogP contribution in [0.15, 0.2) is 48.0 Å². The second-order valence-corrected chi connectivity index (χ2v) is 9.05. The van der Waals surface area contributed by atoms with Crippen LogP contribution in [0.3, 0.4) is 0 Å². The molecule has 2 aromatic rings. The number of aryl methyl sites for hydroxylation is 2. The molecule has 0 spiro atoms. The summed E-state index contributed by atoms with van der Waals surface area (Å²) in [6, 6.07) is 14.9. The highest BCUT2D eigenvalue weighted by Gasteiger charge is 2.37. The van der Waals surface area contributed by atoms with Gasteiger partial charge in [-0.2, -0.15) is 0 Å². The van der Waals surface area contributed by atoms with Gasteiger partial charge in [0.25, 0.3) is 0 Å². The van der Waals surface area contributed by atoms with Gasteiger partial charge in [0, 0.05) is 18.2 Å². The Morgan fingerprint density at radius 2 is 1.76 bits per heavy atom. The topological polar surface area (TPSA) is 9.23 Å². The summed E-state index contributed by atoms with van der Waals surface area (Å²) in [5, 5.41) is 0.795. The van der Waals surface area contributed by atoms with E-state index >= 15 is 0 Å². The Kier molecular flexibility index (Phi) is 6.10. The number of rotatable bonds is 5. The predicted octanol–water partition coefficient (Wildman–Crippen LogP) is 7.34. The maximum atomic E-state index is 13.8. The Labute approximate surface area is 180 Å². The number of allylic oxidation sites excluding steroid dienone is 1. The maximum Gasteiger partial charge on any atom is 0.248 e. The van der Waals surface area contributed by atoms with Crippen molar-refractivity contribution in [2.24, 2.45) is 5.92 Å².